The van der Waals surface area contributed by atoms with Crippen molar-refractivity contribution in [3.8, 4) is 0 Å². The van der Waals surface area contributed by atoms with E-state index in [0.717, 1.165) is 20.4 Å². The highest BCUT2D eigenvalue weighted by molar-refractivity contribution is 14.1. The van der Waals surface area contributed by atoms with Gasteiger partial charge in [-0.3, -0.25) is 9.69 Å². The Labute approximate surface area is 187 Å². The fraction of sp³-hybridized carbons (Fsp3) is 0.333. The second kappa shape index (κ2) is 10.4. The summed E-state index contributed by atoms with van der Waals surface area (Å²) in [5, 5.41) is 8.58. The molecule has 8 heteroatoms. The molecule has 154 valence electrons. The van der Waals surface area contributed by atoms with Gasteiger partial charge in [0.1, 0.15) is 12.0 Å². The van der Waals surface area contributed by atoms with Gasteiger partial charge in [0.2, 0.25) is 5.91 Å². The first-order valence-electron chi connectivity index (χ1n) is 9.17. The number of benzene rings is 2. The number of hydrogen-bond donors (Lipinski definition) is 1. The number of carbonyl (C=O) groups excluding carboxylic acids is 2. The van der Waals surface area contributed by atoms with Crippen LogP contribution < -0.4 is 4.90 Å². The molecule has 1 saturated heterocycles. The summed E-state index contributed by atoms with van der Waals surface area (Å²) < 4.78 is 11.4. The zero-order chi connectivity index (χ0) is 20.8. The van der Waals surface area contributed by atoms with E-state index < -0.39 is 5.97 Å². The second-order valence-corrected chi connectivity index (χ2v) is 8.77. The van der Waals surface area contributed by atoms with Gasteiger partial charge < -0.3 is 14.6 Å². The van der Waals surface area contributed by atoms with Crippen LogP contribution in [0.5, 0.6) is 0 Å². The summed E-state index contributed by atoms with van der Waals surface area (Å²) >= 11 is 3.86. The maximum atomic E-state index is 12.6. The number of amides is 1. The number of halogens is 1. The number of aryl methyl sites for hydroxylation is 1. The summed E-state index contributed by atoms with van der Waals surface area (Å²) in [7, 11) is 0. The molecule has 0 bridgehead atoms. The Balaban J connectivity index is 1.73. The van der Waals surface area contributed by atoms with Crippen LogP contribution in [0.1, 0.15) is 26.9 Å². The number of anilines is 1. The lowest BCUT2D eigenvalue weighted by Crippen LogP contribution is -2.28. The normalized spacial score (nSPS) is 16.3. The van der Waals surface area contributed by atoms with Crippen molar-refractivity contribution in [1.82, 2.24) is 0 Å². The highest BCUT2D eigenvalue weighted by atomic mass is 127. The molecule has 1 amide bonds. The highest BCUT2D eigenvalue weighted by Crippen LogP contribution is 2.42. The average Bonchev–Trinajstić information content (AvgIpc) is 3.09. The van der Waals surface area contributed by atoms with Crippen LogP contribution in [0.15, 0.2) is 42.5 Å². The van der Waals surface area contributed by atoms with Crippen LogP contribution in [0, 0.1) is 10.5 Å². The molecule has 29 heavy (non-hydrogen) atoms. The van der Waals surface area contributed by atoms with E-state index in [9.17, 15) is 9.59 Å². The second-order valence-electron chi connectivity index (χ2n) is 6.45. The summed E-state index contributed by atoms with van der Waals surface area (Å²) in [6.07, 6.45) is 0. The van der Waals surface area contributed by atoms with Crippen molar-refractivity contribution < 1.29 is 24.2 Å². The van der Waals surface area contributed by atoms with Gasteiger partial charge in [-0.2, -0.15) is 0 Å². The van der Waals surface area contributed by atoms with Gasteiger partial charge in [-0.05, 0) is 71.0 Å². The number of aliphatic hydroxyl groups excluding tert-OH is 1. The topological polar surface area (TPSA) is 76.1 Å². The van der Waals surface area contributed by atoms with Crippen molar-refractivity contribution in [3.05, 3.63) is 62.7 Å². The lowest BCUT2D eigenvalue weighted by molar-refractivity contribution is -0.115. The Bertz CT molecular complexity index is 874. The van der Waals surface area contributed by atoms with Crippen LogP contribution in [-0.2, 0) is 14.3 Å². The van der Waals surface area contributed by atoms with E-state index in [4.69, 9.17) is 14.6 Å². The van der Waals surface area contributed by atoms with Crippen molar-refractivity contribution >= 4 is 51.9 Å². The van der Waals surface area contributed by atoms with E-state index in [1.54, 1.807) is 34.9 Å². The molecule has 1 N–H and O–H groups in total. The number of thioether (sulfide) groups is 1. The summed E-state index contributed by atoms with van der Waals surface area (Å²) in [5.41, 5.74) is 3.14. The number of esters is 1. The third-order valence-electron chi connectivity index (χ3n) is 4.41. The number of ether oxygens (including phenoxy) is 2. The number of rotatable bonds is 8. The summed E-state index contributed by atoms with van der Waals surface area (Å²) in [4.78, 5) is 26.6. The third-order valence-corrected chi connectivity index (χ3v) is 6.34. The molecule has 2 aromatic carbocycles. The number of aliphatic hydroxyl groups is 1. The third kappa shape index (κ3) is 5.50. The summed E-state index contributed by atoms with van der Waals surface area (Å²) in [6, 6.07) is 13.4. The molecule has 0 spiro atoms. The lowest BCUT2D eigenvalue weighted by atomic mass is 10.1. The predicted molar refractivity (Wildman–Crippen MR) is 121 cm³/mol. The molecule has 1 fully saturated rings. The zero-order valence-corrected chi connectivity index (χ0v) is 18.9. The Kier molecular flexibility index (Phi) is 7.93. The van der Waals surface area contributed by atoms with Gasteiger partial charge in [0.25, 0.3) is 0 Å². The minimum Gasteiger partial charge on any atom is -0.460 e. The quantitative estimate of drug-likeness (QED) is 0.322. The fourth-order valence-corrected chi connectivity index (χ4v) is 4.58. The molecule has 3 rings (SSSR count). The molecular formula is C21H22INO5S. The minimum atomic E-state index is -0.441. The highest BCUT2D eigenvalue weighted by Gasteiger charge is 2.34. The first-order valence-corrected chi connectivity index (χ1v) is 11.3. The largest absolute Gasteiger partial charge is 0.460 e. The Hall–Kier alpha value is -1.62. The van der Waals surface area contributed by atoms with Crippen LogP contribution in [0.4, 0.5) is 5.69 Å². The van der Waals surface area contributed by atoms with Gasteiger partial charge in [-0.15, -0.1) is 11.8 Å². The van der Waals surface area contributed by atoms with Gasteiger partial charge >= 0.3 is 5.97 Å². The molecule has 0 saturated carbocycles. The van der Waals surface area contributed by atoms with Crippen molar-refractivity contribution in [1.29, 1.82) is 0 Å². The summed E-state index contributed by atoms with van der Waals surface area (Å²) in [5.74, 6) is 0.0369. The van der Waals surface area contributed by atoms with Gasteiger partial charge in [-0.1, -0.05) is 12.1 Å². The number of nitrogens with zero attached hydrogens (tertiary/aromatic N) is 1. The Morgan fingerprint density at radius 2 is 1.97 bits per heavy atom. The smallest absolute Gasteiger partial charge is 0.338 e. The molecule has 1 unspecified atom stereocenters. The van der Waals surface area contributed by atoms with Crippen LogP contribution in [0.3, 0.4) is 0 Å². The van der Waals surface area contributed by atoms with Crippen molar-refractivity contribution in [3.63, 3.8) is 0 Å². The van der Waals surface area contributed by atoms with E-state index in [2.05, 4.69) is 22.6 Å². The van der Waals surface area contributed by atoms with E-state index in [1.165, 1.54) is 0 Å². The summed E-state index contributed by atoms with van der Waals surface area (Å²) in [6.45, 7) is 2.40. The molecule has 6 nitrogen and oxygen atoms in total. The predicted octanol–water partition coefficient (Wildman–Crippen LogP) is 3.54. The fourth-order valence-electron chi connectivity index (χ4n) is 3.05. The van der Waals surface area contributed by atoms with Gasteiger partial charge in [-0.25, -0.2) is 4.79 Å². The first kappa shape index (κ1) is 22.1. The van der Waals surface area contributed by atoms with Crippen LogP contribution in [0.2, 0.25) is 0 Å². The van der Waals surface area contributed by atoms with Crippen LogP contribution in [0.25, 0.3) is 0 Å². The van der Waals surface area contributed by atoms with Gasteiger partial charge in [0.05, 0.1) is 31.1 Å². The molecule has 1 aliphatic rings. The maximum absolute atomic E-state index is 12.6. The molecule has 1 aliphatic heterocycles. The minimum absolute atomic E-state index is 0.0537. The Morgan fingerprint density at radius 3 is 2.66 bits per heavy atom. The van der Waals surface area contributed by atoms with Crippen LogP contribution in [-0.4, -0.2) is 49.2 Å². The van der Waals surface area contributed by atoms with E-state index in [1.807, 2.05) is 31.2 Å². The molecule has 0 radical (unpaired) electrons. The van der Waals surface area contributed by atoms with E-state index in [0.29, 0.717) is 11.3 Å². The molecule has 1 atom stereocenters. The zero-order valence-electron chi connectivity index (χ0n) is 16.0. The number of hydrogen-bond acceptors (Lipinski definition) is 6. The standard InChI is InChI=1S/C21H22INO5S/c1-14-12-16(21(26)28-11-10-27-9-8-24)4-7-18(14)23-19(25)13-29-20(23)15-2-5-17(22)6-3-15/h2-7,12,20,24H,8-11,13H2,1H3. The average molecular weight is 527 g/mol. The molecule has 0 aliphatic carbocycles. The lowest BCUT2D eigenvalue weighted by Gasteiger charge is -2.26. The maximum Gasteiger partial charge on any atom is 0.338 e. The molecule has 0 aromatic heterocycles. The molecule has 2 aromatic rings. The van der Waals surface area contributed by atoms with E-state index in [-0.39, 0.29) is 37.7 Å². The molecule has 1 heterocycles. The SMILES string of the molecule is Cc1cc(C(=O)OCCOCCO)ccc1N1C(=O)CSC1c1ccc(I)cc1. The van der Waals surface area contributed by atoms with Crippen LogP contribution >= 0.6 is 34.4 Å². The van der Waals surface area contributed by atoms with Gasteiger partial charge in [0.15, 0.2) is 0 Å². The van der Waals surface area contributed by atoms with Gasteiger partial charge in [0, 0.05) is 9.26 Å². The first-order chi connectivity index (χ1) is 14.0. The number of carbonyl (C=O) groups is 2. The van der Waals surface area contributed by atoms with Crippen molar-refractivity contribution in [2.45, 2.75) is 12.3 Å². The van der Waals surface area contributed by atoms with E-state index >= 15 is 0 Å². The van der Waals surface area contributed by atoms with Crippen molar-refractivity contribution in [2.75, 3.05) is 37.1 Å². The molecular weight excluding hydrogens is 505 g/mol. The van der Waals surface area contributed by atoms with Crippen molar-refractivity contribution in [2.24, 2.45) is 0 Å². The monoisotopic (exact) mass is 527 g/mol. The Morgan fingerprint density at radius 1 is 1.21 bits per heavy atom.